The SMILES string of the molecule is O=C(c1cn(-c2ccccc2)nc1-c1cccs1)N1c2ccccc2Sc2ccccc21. The van der Waals surface area contributed by atoms with E-state index < -0.39 is 0 Å². The van der Waals surface area contributed by atoms with Crippen LogP contribution in [-0.2, 0) is 0 Å². The second-order valence-corrected chi connectivity index (χ2v) is 9.36. The molecule has 3 heterocycles. The highest BCUT2D eigenvalue weighted by Gasteiger charge is 2.31. The largest absolute Gasteiger partial charge is 0.275 e. The lowest BCUT2D eigenvalue weighted by atomic mass is 10.1. The molecular weight excluding hydrogens is 434 g/mol. The number of carbonyl (C=O) groups excluding carboxylic acids is 1. The molecule has 0 unspecified atom stereocenters. The Balaban J connectivity index is 1.54. The van der Waals surface area contributed by atoms with Crippen LogP contribution >= 0.6 is 23.1 Å². The van der Waals surface area contributed by atoms with Gasteiger partial charge in [-0.3, -0.25) is 9.69 Å². The minimum absolute atomic E-state index is 0.0872. The number of carbonyl (C=O) groups is 1. The maximum Gasteiger partial charge on any atom is 0.266 e. The molecule has 0 fully saturated rings. The van der Waals surface area contributed by atoms with Crippen LogP contribution in [0.4, 0.5) is 11.4 Å². The van der Waals surface area contributed by atoms with E-state index in [4.69, 9.17) is 5.10 Å². The Morgan fingerprint density at radius 2 is 1.41 bits per heavy atom. The van der Waals surface area contributed by atoms with E-state index in [1.807, 2.05) is 95.3 Å². The molecule has 0 radical (unpaired) electrons. The van der Waals surface area contributed by atoms with Crippen molar-refractivity contribution in [2.75, 3.05) is 4.90 Å². The lowest BCUT2D eigenvalue weighted by Crippen LogP contribution is -2.28. The monoisotopic (exact) mass is 451 g/mol. The second-order valence-electron chi connectivity index (χ2n) is 7.33. The topological polar surface area (TPSA) is 38.1 Å². The first-order valence-corrected chi connectivity index (χ1v) is 11.9. The fourth-order valence-electron chi connectivity index (χ4n) is 3.88. The molecule has 1 aliphatic rings. The summed E-state index contributed by atoms with van der Waals surface area (Å²) in [4.78, 5) is 19.1. The van der Waals surface area contributed by atoms with Crippen molar-refractivity contribution in [3.8, 4) is 16.3 Å². The highest BCUT2D eigenvalue weighted by Crippen LogP contribution is 2.48. The van der Waals surface area contributed by atoms with Gasteiger partial charge in [0.1, 0.15) is 5.69 Å². The van der Waals surface area contributed by atoms with Crippen LogP contribution < -0.4 is 4.90 Å². The van der Waals surface area contributed by atoms with Gasteiger partial charge in [-0.05, 0) is 47.8 Å². The summed E-state index contributed by atoms with van der Waals surface area (Å²) in [5.74, 6) is -0.0872. The lowest BCUT2D eigenvalue weighted by molar-refractivity contribution is 0.0999. The molecule has 0 aliphatic carbocycles. The number of thiophene rings is 1. The number of hydrogen-bond donors (Lipinski definition) is 0. The molecule has 0 saturated heterocycles. The van der Waals surface area contributed by atoms with E-state index in [0.29, 0.717) is 11.3 Å². The van der Waals surface area contributed by atoms with E-state index in [0.717, 1.165) is 31.7 Å². The number of amides is 1. The molecule has 6 rings (SSSR count). The van der Waals surface area contributed by atoms with Crippen molar-refractivity contribution in [3.05, 3.63) is 108 Å². The fourth-order valence-corrected chi connectivity index (χ4v) is 5.66. The standard InChI is InChI=1S/C26H17N3OS2/c30-26(29-20-11-4-6-13-22(20)32-23-14-7-5-12-21(23)29)19-17-28(18-9-2-1-3-10-18)27-25(19)24-15-8-16-31-24/h1-17H. The molecular formula is C26H17N3OS2. The number of benzene rings is 3. The third-order valence-electron chi connectivity index (χ3n) is 5.36. The van der Waals surface area contributed by atoms with Crippen molar-refractivity contribution in [3.63, 3.8) is 0 Å². The first-order chi connectivity index (χ1) is 15.8. The van der Waals surface area contributed by atoms with Crippen LogP contribution in [0, 0.1) is 0 Å². The van der Waals surface area contributed by atoms with Gasteiger partial charge >= 0.3 is 0 Å². The summed E-state index contributed by atoms with van der Waals surface area (Å²) in [7, 11) is 0. The van der Waals surface area contributed by atoms with Crippen molar-refractivity contribution >= 4 is 40.4 Å². The van der Waals surface area contributed by atoms with Gasteiger partial charge in [-0.15, -0.1) is 11.3 Å². The van der Waals surface area contributed by atoms with Gasteiger partial charge in [0.2, 0.25) is 0 Å². The third-order valence-corrected chi connectivity index (χ3v) is 7.36. The van der Waals surface area contributed by atoms with Crippen molar-refractivity contribution in [1.82, 2.24) is 9.78 Å². The predicted molar refractivity (Wildman–Crippen MR) is 130 cm³/mol. The average molecular weight is 452 g/mol. The van der Waals surface area contributed by atoms with Crippen LogP contribution in [0.25, 0.3) is 16.3 Å². The van der Waals surface area contributed by atoms with Gasteiger partial charge in [-0.25, -0.2) is 4.68 Å². The Morgan fingerprint density at radius 3 is 2.06 bits per heavy atom. The summed E-state index contributed by atoms with van der Waals surface area (Å²) >= 11 is 3.27. The van der Waals surface area contributed by atoms with Gasteiger partial charge in [-0.2, -0.15) is 5.10 Å². The van der Waals surface area contributed by atoms with Crippen LogP contribution in [0.1, 0.15) is 10.4 Å². The predicted octanol–water partition coefficient (Wildman–Crippen LogP) is 7.04. The molecule has 2 aromatic heterocycles. The van der Waals surface area contributed by atoms with E-state index in [1.54, 1.807) is 27.8 Å². The van der Waals surface area contributed by atoms with Crippen molar-refractivity contribution in [1.29, 1.82) is 0 Å². The minimum Gasteiger partial charge on any atom is -0.275 e. The summed E-state index contributed by atoms with van der Waals surface area (Å²) < 4.78 is 1.79. The summed E-state index contributed by atoms with van der Waals surface area (Å²) in [6.07, 6.45) is 1.85. The molecule has 1 aliphatic heterocycles. The highest BCUT2D eigenvalue weighted by atomic mass is 32.2. The van der Waals surface area contributed by atoms with E-state index in [2.05, 4.69) is 12.1 Å². The van der Waals surface area contributed by atoms with E-state index in [-0.39, 0.29) is 5.91 Å². The normalized spacial score (nSPS) is 12.3. The highest BCUT2D eigenvalue weighted by molar-refractivity contribution is 7.99. The van der Waals surface area contributed by atoms with Gasteiger partial charge < -0.3 is 0 Å². The quantitative estimate of drug-likeness (QED) is 0.295. The maximum atomic E-state index is 14.2. The van der Waals surface area contributed by atoms with Crippen LogP contribution in [-0.4, -0.2) is 15.7 Å². The Bertz CT molecular complexity index is 1380. The second kappa shape index (κ2) is 7.82. The summed E-state index contributed by atoms with van der Waals surface area (Å²) in [5.41, 5.74) is 3.98. The number of hydrogen-bond acceptors (Lipinski definition) is 4. The van der Waals surface area contributed by atoms with Crippen LogP contribution in [0.2, 0.25) is 0 Å². The summed E-state index contributed by atoms with van der Waals surface area (Å²) in [6.45, 7) is 0. The van der Waals surface area contributed by atoms with Gasteiger partial charge in [0.25, 0.3) is 5.91 Å². The van der Waals surface area contributed by atoms with E-state index in [9.17, 15) is 4.79 Å². The molecule has 6 heteroatoms. The Morgan fingerprint density at radius 1 is 0.750 bits per heavy atom. The molecule has 0 atom stereocenters. The number of fused-ring (bicyclic) bond motifs is 2. The molecule has 4 nitrogen and oxygen atoms in total. The summed E-state index contributed by atoms with van der Waals surface area (Å²) in [6, 6.07) is 30.0. The van der Waals surface area contributed by atoms with Crippen molar-refractivity contribution in [2.45, 2.75) is 9.79 Å². The molecule has 1 amide bonds. The molecule has 0 saturated carbocycles. The van der Waals surface area contributed by atoms with E-state index in [1.165, 1.54) is 0 Å². The zero-order chi connectivity index (χ0) is 21.5. The first-order valence-electron chi connectivity index (χ1n) is 10.2. The van der Waals surface area contributed by atoms with Gasteiger partial charge in [0.05, 0.1) is 27.5 Å². The van der Waals surface area contributed by atoms with E-state index >= 15 is 0 Å². The molecule has 154 valence electrons. The lowest BCUT2D eigenvalue weighted by Gasteiger charge is -2.30. The minimum atomic E-state index is -0.0872. The number of anilines is 2. The summed E-state index contributed by atoms with van der Waals surface area (Å²) in [5, 5.41) is 6.83. The molecule has 0 N–H and O–H groups in total. The van der Waals surface area contributed by atoms with Crippen LogP contribution in [0.5, 0.6) is 0 Å². The molecule has 0 bridgehead atoms. The zero-order valence-corrected chi connectivity index (χ0v) is 18.5. The average Bonchev–Trinajstić information content (AvgIpc) is 3.53. The zero-order valence-electron chi connectivity index (χ0n) is 16.9. The van der Waals surface area contributed by atoms with Crippen molar-refractivity contribution in [2.24, 2.45) is 0 Å². The maximum absolute atomic E-state index is 14.2. The number of rotatable bonds is 3. The Labute approximate surface area is 193 Å². The molecule has 5 aromatic rings. The van der Waals surface area contributed by atoms with Gasteiger partial charge in [-0.1, -0.05) is 60.3 Å². The first kappa shape index (κ1) is 19.1. The van der Waals surface area contributed by atoms with Gasteiger partial charge in [0.15, 0.2) is 0 Å². The molecule has 32 heavy (non-hydrogen) atoms. The Hall–Kier alpha value is -3.61. The smallest absolute Gasteiger partial charge is 0.266 e. The third kappa shape index (κ3) is 3.16. The fraction of sp³-hybridized carbons (Fsp3) is 0. The number of para-hydroxylation sites is 3. The molecule has 3 aromatic carbocycles. The molecule has 0 spiro atoms. The number of nitrogens with zero attached hydrogens (tertiary/aromatic N) is 3. The van der Waals surface area contributed by atoms with Crippen molar-refractivity contribution < 1.29 is 4.79 Å². The van der Waals surface area contributed by atoms with Crippen LogP contribution in [0.15, 0.2) is 112 Å². The van der Waals surface area contributed by atoms with Crippen LogP contribution in [0.3, 0.4) is 0 Å². The number of aromatic nitrogens is 2. The van der Waals surface area contributed by atoms with Gasteiger partial charge in [0, 0.05) is 16.0 Å². The Kier molecular flexibility index (Phi) is 4.67.